The molecule has 2 aromatic carbocycles. The number of primary amides is 1. The van der Waals surface area contributed by atoms with E-state index < -0.39 is 5.91 Å². The zero-order valence-corrected chi connectivity index (χ0v) is 17.6. The first-order chi connectivity index (χ1) is 15.0. The van der Waals surface area contributed by atoms with Gasteiger partial charge in [-0.2, -0.15) is 0 Å². The van der Waals surface area contributed by atoms with E-state index in [1.807, 2.05) is 43.3 Å². The first-order valence-corrected chi connectivity index (χ1v) is 10.5. The SMILES string of the molecule is Cc1cccc(C(=O)Nc2ccc(N3CCCCC3)cc2-c2cc(C(N)=O)ccn2)c1. The number of nitrogens with one attached hydrogen (secondary N) is 1. The van der Waals surface area contributed by atoms with Crippen LogP contribution in [0.1, 0.15) is 45.5 Å². The van der Waals surface area contributed by atoms with Gasteiger partial charge in [-0.3, -0.25) is 14.6 Å². The Bertz CT molecular complexity index is 1120. The van der Waals surface area contributed by atoms with E-state index in [1.54, 1.807) is 24.4 Å². The third kappa shape index (κ3) is 4.74. The van der Waals surface area contributed by atoms with Crippen LogP contribution < -0.4 is 16.0 Å². The predicted octanol–water partition coefficient (Wildman–Crippen LogP) is 4.40. The van der Waals surface area contributed by atoms with E-state index in [0.717, 1.165) is 42.7 Å². The van der Waals surface area contributed by atoms with Gasteiger partial charge in [0.05, 0.1) is 11.4 Å². The van der Waals surface area contributed by atoms with Crippen LogP contribution in [-0.2, 0) is 0 Å². The van der Waals surface area contributed by atoms with E-state index in [1.165, 1.54) is 6.42 Å². The molecule has 2 heterocycles. The molecule has 0 aliphatic carbocycles. The zero-order valence-electron chi connectivity index (χ0n) is 17.6. The fourth-order valence-electron chi connectivity index (χ4n) is 3.91. The molecular weight excluding hydrogens is 388 g/mol. The van der Waals surface area contributed by atoms with E-state index in [2.05, 4.69) is 15.2 Å². The van der Waals surface area contributed by atoms with Gasteiger partial charge in [-0.25, -0.2) is 0 Å². The van der Waals surface area contributed by atoms with Crippen molar-refractivity contribution in [2.24, 2.45) is 5.73 Å². The monoisotopic (exact) mass is 414 g/mol. The van der Waals surface area contributed by atoms with E-state index in [9.17, 15) is 9.59 Å². The number of amides is 2. The highest BCUT2D eigenvalue weighted by molar-refractivity contribution is 6.06. The zero-order chi connectivity index (χ0) is 21.8. The van der Waals surface area contributed by atoms with Crippen molar-refractivity contribution in [1.29, 1.82) is 0 Å². The van der Waals surface area contributed by atoms with Crippen molar-refractivity contribution in [2.75, 3.05) is 23.3 Å². The lowest BCUT2D eigenvalue weighted by molar-refractivity contribution is 0.0997. The van der Waals surface area contributed by atoms with Crippen LogP contribution in [0.5, 0.6) is 0 Å². The smallest absolute Gasteiger partial charge is 0.255 e. The molecule has 1 aliphatic rings. The Hall–Kier alpha value is -3.67. The molecule has 158 valence electrons. The Morgan fingerprint density at radius 2 is 1.77 bits per heavy atom. The van der Waals surface area contributed by atoms with Gasteiger partial charge in [0.25, 0.3) is 5.91 Å². The van der Waals surface area contributed by atoms with Gasteiger partial charge >= 0.3 is 0 Å². The third-order valence-corrected chi connectivity index (χ3v) is 5.57. The van der Waals surface area contributed by atoms with Crippen molar-refractivity contribution in [1.82, 2.24) is 4.98 Å². The van der Waals surface area contributed by atoms with E-state index >= 15 is 0 Å². The Kier molecular flexibility index (Phi) is 5.98. The largest absolute Gasteiger partial charge is 0.372 e. The fraction of sp³-hybridized carbons (Fsp3) is 0.240. The first kappa shape index (κ1) is 20.6. The molecule has 31 heavy (non-hydrogen) atoms. The summed E-state index contributed by atoms with van der Waals surface area (Å²) in [6.07, 6.45) is 5.14. The van der Waals surface area contributed by atoms with Gasteiger partial charge < -0.3 is 16.0 Å². The summed E-state index contributed by atoms with van der Waals surface area (Å²) < 4.78 is 0. The van der Waals surface area contributed by atoms with Crippen molar-refractivity contribution in [3.63, 3.8) is 0 Å². The maximum atomic E-state index is 12.9. The maximum absolute atomic E-state index is 12.9. The molecule has 0 bridgehead atoms. The number of nitrogens with two attached hydrogens (primary N) is 1. The Morgan fingerprint density at radius 3 is 2.52 bits per heavy atom. The maximum Gasteiger partial charge on any atom is 0.255 e. The molecule has 3 N–H and O–H groups in total. The summed E-state index contributed by atoms with van der Waals surface area (Å²) in [6.45, 7) is 3.96. The molecule has 3 aromatic rings. The molecule has 0 atom stereocenters. The summed E-state index contributed by atoms with van der Waals surface area (Å²) in [5.41, 5.74) is 10.5. The average molecular weight is 415 g/mol. The van der Waals surface area contributed by atoms with Gasteiger partial charge in [-0.15, -0.1) is 0 Å². The molecule has 4 rings (SSSR count). The number of benzene rings is 2. The summed E-state index contributed by atoms with van der Waals surface area (Å²) in [7, 11) is 0. The van der Waals surface area contributed by atoms with Crippen LogP contribution in [0.3, 0.4) is 0 Å². The van der Waals surface area contributed by atoms with Crippen LogP contribution in [0, 0.1) is 6.92 Å². The minimum Gasteiger partial charge on any atom is -0.372 e. The van der Waals surface area contributed by atoms with Gasteiger partial charge in [-0.1, -0.05) is 17.7 Å². The number of aromatic nitrogens is 1. The van der Waals surface area contributed by atoms with Crippen molar-refractivity contribution < 1.29 is 9.59 Å². The van der Waals surface area contributed by atoms with Crippen LogP contribution in [0.15, 0.2) is 60.8 Å². The Balaban J connectivity index is 1.74. The number of hydrogen-bond acceptors (Lipinski definition) is 4. The average Bonchev–Trinajstić information content (AvgIpc) is 2.80. The minimum absolute atomic E-state index is 0.193. The van der Waals surface area contributed by atoms with Gasteiger partial charge in [0.1, 0.15) is 0 Å². The lowest BCUT2D eigenvalue weighted by Crippen LogP contribution is -2.29. The molecule has 2 amide bonds. The molecule has 0 spiro atoms. The second-order valence-electron chi connectivity index (χ2n) is 7.90. The molecule has 6 heteroatoms. The summed E-state index contributed by atoms with van der Waals surface area (Å²) in [5.74, 6) is -0.706. The topological polar surface area (TPSA) is 88.3 Å². The highest BCUT2D eigenvalue weighted by Crippen LogP contribution is 2.33. The number of anilines is 2. The Labute approximate surface area is 182 Å². The number of carbonyl (C=O) groups is 2. The lowest BCUT2D eigenvalue weighted by Gasteiger charge is -2.29. The van der Waals surface area contributed by atoms with Crippen LogP contribution in [0.25, 0.3) is 11.3 Å². The van der Waals surface area contributed by atoms with Gasteiger partial charge in [0.15, 0.2) is 0 Å². The molecule has 6 nitrogen and oxygen atoms in total. The van der Waals surface area contributed by atoms with E-state index in [-0.39, 0.29) is 5.91 Å². The van der Waals surface area contributed by atoms with Crippen molar-refractivity contribution in [3.05, 3.63) is 77.5 Å². The van der Waals surface area contributed by atoms with Crippen LogP contribution in [0.4, 0.5) is 11.4 Å². The first-order valence-electron chi connectivity index (χ1n) is 10.5. The van der Waals surface area contributed by atoms with Crippen molar-refractivity contribution in [3.8, 4) is 11.3 Å². The van der Waals surface area contributed by atoms with Crippen LogP contribution in [-0.4, -0.2) is 29.9 Å². The third-order valence-electron chi connectivity index (χ3n) is 5.57. The van der Waals surface area contributed by atoms with Crippen LogP contribution >= 0.6 is 0 Å². The number of hydrogen-bond donors (Lipinski definition) is 2. The minimum atomic E-state index is -0.513. The second kappa shape index (κ2) is 9.00. The number of piperidine rings is 1. The number of pyridine rings is 1. The molecule has 1 aliphatic heterocycles. The fourth-order valence-corrected chi connectivity index (χ4v) is 3.91. The van der Waals surface area contributed by atoms with Crippen molar-refractivity contribution in [2.45, 2.75) is 26.2 Å². The molecule has 1 fully saturated rings. The molecule has 0 saturated carbocycles. The van der Waals surface area contributed by atoms with Gasteiger partial charge in [-0.05, 0) is 68.7 Å². The summed E-state index contributed by atoms with van der Waals surface area (Å²) in [6, 6.07) is 16.7. The predicted molar refractivity (Wildman–Crippen MR) is 123 cm³/mol. The number of rotatable bonds is 5. The standard InChI is InChI=1S/C25H26N4O2/c1-17-6-5-7-19(14-17)25(31)28-22-9-8-20(29-12-3-2-4-13-29)16-21(22)23-15-18(24(26)30)10-11-27-23/h5-11,14-16H,2-4,12-13H2,1H3,(H2,26,30)(H,28,31). The highest BCUT2D eigenvalue weighted by atomic mass is 16.2. The quantitative estimate of drug-likeness (QED) is 0.648. The number of aryl methyl sites for hydroxylation is 1. The van der Waals surface area contributed by atoms with Crippen molar-refractivity contribution >= 4 is 23.2 Å². The normalized spacial score (nSPS) is 13.6. The lowest BCUT2D eigenvalue weighted by atomic mass is 10.0. The summed E-state index contributed by atoms with van der Waals surface area (Å²) in [4.78, 5) is 31.4. The Morgan fingerprint density at radius 1 is 0.968 bits per heavy atom. The molecule has 1 aromatic heterocycles. The second-order valence-corrected chi connectivity index (χ2v) is 7.90. The molecular formula is C25H26N4O2. The molecule has 0 radical (unpaired) electrons. The number of nitrogens with zero attached hydrogens (tertiary/aromatic N) is 2. The highest BCUT2D eigenvalue weighted by Gasteiger charge is 2.17. The van der Waals surface area contributed by atoms with Gasteiger partial charge in [0, 0.05) is 41.7 Å². The van der Waals surface area contributed by atoms with E-state index in [4.69, 9.17) is 5.73 Å². The number of carbonyl (C=O) groups excluding carboxylic acids is 2. The summed E-state index contributed by atoms with van der Waals surface area (Å²) in [5, 5.41) is 3.02. The van der Waals surface area contributed by atoms with Crippen LogP contribution in [0.2, 0.25) is 0 Å². The summed E-state index contributed by atoms with van der Waals surface area (Å²) >= 11 is 0. The molecule has 1 saturated heterocycles. The molecule has 0 unspecified atom stereocenters. The van der Waals surface area contributed by atoms with E-state index in [0.29, 0.717) is 22.5 Å². The van der Waals surface area contributed by atoms with Gasteiger partial charge in [0.2, 0.25) is 5.91 Å².